The van der Waals surface area contributed by atoms with Crippen molar-refractivity contribution in [2.24, 2.45) is 11.7 Å². The van der Waals surface area contributed by atoms with Gasteiger partial charge in [-0.3, -0.25) is 4.79 Å². The number of carbonyl (C=O) groups is 1. The zero-order chi connectivity index (χ0) is 13.1. The second kappa shape index (κ2) is 6.34. The zero-order valence-electron chi connectivity index (χ0n) is 10.0. The fraction of sp³-hybridized carbons (Fsp3) is 0.462. The van der Waals surface area contributed by atoms with Gasteiger partial charge in [0.1, 0.15) is 0 Å². The Bertz CT molecular complexity index is 445. The molecule has 3 nitrogen and oxygen atoms in total. The molecule has 0 radical (unpaired) electrons. The Morgan fingerprint density at radius 1 is 1.44 bits per heavy atom. The molecule has 1 aromatic rings. The first-order valence-corrected chi connectivity index (χ1v) is 7.93. The Hall–Kier alpha value is -0.140. The molecule has 0 unspecified atom stereocenters. The molecule has 0 saturated carbocycles. The fourth-order valence-corrected chi connectivity index (χ4v) is 3.13. The molecule has 1 fully saturated rings. The van der Waals surface area contributed by atoms with Crippen molar-refractivity contribution < 1.29 is 4.79 Å². The molecule has 0 atom stereocenters. The van der Waals surface area contributed by atoms with Crippen LogP contribution in [0.15, 0.2) is 22.7 Å². The number of hydrogen-bond donors (Lipinski definition) is 1. The SMILES string of the molecule is NCC1CCN(C(=O)c2cc(Br)ccc2I)CC1. The van der Waals surface area contributed by atoms with E-state index in [0.29, 0.717) is 5.92 Å². The maximum atomic E-state index is 12.4. The molecule has 5 heteroatoms. The Balaban J connectivity index is 2.10. The lowest BCUT2D eigenvalue weighted by molar-refractivity contribution is 0.0692. The smallest absolute Gasteiger partial charge is 0.254 e. The van der Waals surface area contributed by atoms with Crippen molar-refractivity contribution in [3.8, 4) is 0 Å². The highest BCUT2D eigenvalue weighted by Crippen LogP contribution is 2.23. The second-order valence-corrected chi connectivity index (χ2v) is 6.67. The quantitative estimate of drug-likeness (QED) is 0.745. The first-order chi connectivity index (χ1) is 8.61. The van der Waals surface area contributed by atoms with Crippen molar-refractivity contribution in [2.75, 3.05) is 19.6 Å². The van der Waals surface area contributed by atoms with E-state index in [9.17, 15) is 4.79 Å². The van der Waals surface area contributed by atoms with E-state index in [1.807, 2.05) is 23.1 Å². The molecule has 2 N–H and O–H groups in total. The highest BCUT2D eigenvalue weighted by molar-refractivity contribution is 14.1. The van der Waals surface area contributed by atoms with Crippen LogP contribution in [-0.2, 0) is 0 Å². The lowest BCUT2D eigenvalue weighted by Crippen LogP contribution is -2.40. The number of carbonyl (C=O) groups excluding carboxylic acids is 1. The van der Waals surface area contributed by atoms with E-state index in [2.05, 4.69) is 38.5 Å². The third-order valence-electron chi connectivity index (χ3n) is 3.39. The van der Waals surface area contributed by atoms with E-state index in [0.717, 1.165) is 46.1 Å². The van der Waals surface area contributed by atoms with Crippen molar-refractivity contribution >= 4 is 44.4 Å². The van der Waals surface area contributed by atoms with Gasteiger partial charge in [0.15, 0.2) is 0 Å². The van der Waals surface area contributed by atoms with Gasteiger partial charge in [0.25, 0.3) is 5.91 Å². The highest BCUT2D eigenvalue weighted by Gasteiger charge is 2.24. The van der Waals surface area contributed by atoms with Crippen molar-refractivity contribution in [1.82, 2.24) is 4.90 Å². The van der Waals surface area contributed by atoms with Gasteiger partial charge in [0.05, 0.1) is 5.56 Å². The first-order valence-electron chi connectivity index (χ1n) is 6.06. The van der Waals surface area contributed by atoms with Crippen LogP contribution in [0.3, 0.4) is 0 Å². The minimum Gasteiger partial charge on any atom is -0.339 e. The van der Waals surface area contributed by atoms with E-state index in [4.69, 9.17) is 5.73 Å². The fourth-order valence-electron chi connectivity index (χ4n) is 2.20. The largest absolute Gasteiger partial charge is 0.339 e. The molecule has 1 aromatic carbocycles. The normalized spacial score (nSPS) is 16.9. The summed E-state index contributed by atoms with van der Waals surface area (Å²) in [5, 5.41) is 0. The molecular formula is C13H16BrIN2O. The summed E-state index contributed by atoms with van der Waals surface area (Å²) in [6.07, 6.45) is 2.04. The number of amides is 1. The van der Waals surface area contributed by atoms with Crippen LogP contribution >= 0.6 is 38.5 Å². The molecule has 0 aliphatic carbocycles. The van der Waals surface area contributed by atoms with Crippen LogP contribution in [0.4, 0.5) is 0 Å². The van der Waals surface area contributed by atoms with Gasteiger partial charge in [0, 0.05) is 21.1 Å². The van der Waals surface area contributed by atoms with Gasteiger partial charge < -0.3 is 10.6 Å². The van der Waals surface area contributed by atoms with Gasteiger partial charge >= 0.3 is 0 Å². The van der Waals surface area contributed by atoms with Crippen LogP contribution in [-0.4, -0.2) is 30.4 Å². The van der Waals surface area contributed by atoms with Gasteiger partial charge in [-0.15, -0.1) is 0 Å². The molecule has 1 aliphatic heterocycles. The number of hydrogen-bond acceptors (Lipinski definition) is 2. The summed E-state index contributed by atoms with van der Waals surface area (Å²) >= 11 is 5.63. The van der Waals surface area contributed by atoms with Crippen LogP contribution in [0.2, 0.25) is 0 Å². The second-order valence-electron chi connectivity index (χ2n) is 4.60. The summed E-state index contributed by atoms with van der Waals surface area (Å²) < 4.78 is 1.95. The van der Waals surface area contributed by atoms with E-state index in [1.54, 1.807) is 0 Å². The van der Waals surface area contributed by atoms with Gasteiger partial charge in [-0.1, -0.05) is 15.9 Å². The average Bonchev–Trinajstić information content (AvgIpc) is 2.41. The van der Waals surface area contributed by atoms with Gasteiger partial charge in [-0.2, -0.15) is 0 Å². The minimum absolute atomic E-state index is 0.135. The maximum Gasteiger partial charge on any atom is 0.254 e. The number of nitrogens with zero attached hydrogens (tertiary/aromatic N) is 1. The van der Waals surface area contributed by atoms with E-state index < -0.39 is 0 Å². The number of benzene rings is 1. The number of nitrogens with two attached hydrogens (primary N) is 1. The van der Waals surface area contributed by atoms with Crippen molar-refractivity contribution in [1.29, 1.82) is 0 Å². The Morgan fingerprint density at radius 2 is 2.11 bits per heavy atom. The summed E-state index contributed by atoms with van der Waals surface area (Å²) in [4.78, 5) is 14.4. The summed E-state index contributed by atoms with van der Waals surface area (Å²) in [7, 11) is 0. The summed E-state index contributed by atoms with van der Waals surface area (Å²) in [6, 6.07) is 5.82. The lowest BCUT2D eigenvalue weighted by atomic mass is 9.96. The third-order valence-corrected chi connectivity index (χ3v) is 4.83. The molecule has 1 amide bonds. The number of halogens is 2. The van der Waals surface area contributed by atoms with E-state index >= 15 is 0 Å². The van der Waals surface area contributed by atoms with Gasteiger partial charge in [-0.05, 0) is 66.1 Å². The molecule has 1 aliphatic rings. The number of rotatable bonds is 2. The monoisotopic (exact) mass is 422 g/mol. The highest BCUT2D eigenvalue weighted by atomic mass is 127. The molecule has 2 rings (SSSR count). The van der Waals surface area contributed by atoms with E-state index in [-0.39, 0.29) is 5.91 Å². The third kappa shape index (κ3) is 3.24. The predicted molar refractivity (Wildman–Crippen MR) is 84.5 cm³/mol. The summed E-state index contributed by atoms with van der Waals surface area (Å²) in [5.41, 5.74) is 6.46. The molecule has 1 heterocycles. The minimum atomic E-state index is 0.135. The van der Waals surface area contributed by atoms with E-state index in [1.165, 1.54) is 0 Å². The molecule has 0 spiro atoms. The van der Waals surface area contributed by atoms with Gasteiger partial charge in [0.2, 0.25) is 0 Å². The van der Waals surface area contributed by atoms with Crippen LogP contribution in [0.1, 0.15) is 23.2 Å². The maximum absolute atomic E-state index is 12.4. The Morgan fingerprint density at radius 3 is 2.72 bits per heavy atom. The van der Waals surface area contributed by atoms with Crippen LogP contribution < -0.4 is 5.73 Å². The molecule has 98 valence electrons. The van der Waals surface area contributed by atoms with Crippen LogP contribution in [0.5, 0.6) is 0 Å². The van der Waals surface area contributed by atoms with Crippen LogP contribution in [0, 0.1) is 9.49 Å². The lowest BCUT2D eigenvalue weighted by Gasteiger charge is -2.31. The Labute approximate surface area is 129 Å². The Kier molecular flexibility index (Phi) is 5.03. The average molecular weight is 423 g/mol. The van der Waals surface area contributed by atoms with Crippen molar-refractivity contribution in [2.45, 2.75) is 12.8 Å². The number of likely N-dealkylation sites (tertiary alicyclic amines) is 1. The molecule has 0 bridgehead atoms. The summed E-state index contributed by atoms with van der Waals surface area (Å²) in [6.45, 7) is 2.38. The molecule has 18 heavy (non-hydrogen) atoms. The van der Waals surface area contributed by atoms with Crippen molar-refractivity contribution in [3.05, 3.63) is 31.8 Å². The standard InChI is InChI=1S/C13H16BrIN2O/c14-10-1-2-12(15)11(7-10)13(18)17-5-3-9(8-16)4-6-17/h1-2,7,9H,3-6,8,16H2. The topological polar surface area (TPSA) is 46.3 Å². The zero-order valence-corrected chi connectivity index (χ0v) is 13.8. The van der Waals surface area contributed by atoms with Crippen molar-refractivity contribution in [3.63, 3.8) is 0 Å². The van der Waals surface area contributed by atoms with Gasteiger partial charge in [-0.25, -0.2) is 0 Å². The molecule has 0 aromatic heterocycles. The molecule has 1 saturated heterocycles. The number of piperidine rings is 1. The molecular weight excluding hydrogens is 407 g/mol. The first kappa shape index (κ1) is 14.3. The summed E-state index contributed by atoms with van der Waals surface area (Å²) in [5.74, 6) is 0.715. The predicted octanol–water partition coefficient (Wildman–Crippen LogP) is 2.86. The van der Waals surface area contributed by atoms with Crippen LogP contribution in [0.25, 0.3) is 0 Å².